The topological polar surface area (TPSA) is 121 Å². The molecule has 1 aliphatic heterocycles. The highest BCUT2D eigenvalue weighted by Gasteiger charge is 2.21. The SMILES string of the molecule is CCOCCCN=C(Nc1ccc(C(=O)O)cc1)N1CCN(c2ccc([N+](=O)[O-])cc2)CC1. The number of ether oxygens (including phenoxy) is 1. The van der Waals surface area contributed by atoms with Gasteiger partial charge in [0.1, 0.15) is 0 Å². The number of guanidine groups is 1. The van der Waals surface area contributed by atoms with E-state index in [-0.39, 0.29) is 11.3 Å². The Labute approximate surface area is 192 Å². The first kappa shape index (κ1) is 24.0. The first-order valence-corrected chi connectivity index (χ1v) is 10.9. The third-order valence-corrected chi connectivity index (χ3v) is 5.31. The van der Waals surface area contributed by atoms with E-state index in [1.807, 2.05) is 6.92 Å². The van der Waals surface area contributed by atoms with Crippen LogP contribution in [0.3, 0.4) is 0 Å². The maximum atomic E-state index is 11.1. The molecule has 3 rings (SSSR count). The second-order valence-electron chi connectivity index (χ2n) is 7.51. The van der Waals surface area contributed by atoms with Crippen LogP contribution in [0.5, 0.6) is 0 Å². The van der Waals surface area contributed by atoms with Crippen LogP contribution in [0.2, 0.25) is 0 Å². The Morgan fingerprint density at radius 3 is 2.36 bits per heavy atom. The Bertz CT molecular complexity index is 954. The van der Waals surface area contributed by atoms with Crippen LogP contribution in [0.25, 0.3) is 0 Å². The van der Waals surface area contributed by atoms with E-state index in [0.717, 1.165) is 49.9 Å². The first-order valence-electron chi connectivity index (χ1n) is 10.9. The summed E-state index contributed by atoms with van der Waals surface area (Å²) in [6, 6.07) is 13.2. The fraction of sp³-hybridized carbons (Fsp3) is 0.391. The number of nitrogens with one attached hydrogen (secondary N) is 1. The number of hydrogen-bond acceptors (Lipinski definition) is 6. The van der Waals surface area contributed by atoms with Crippen LogP contribution in [0.15, 0.2) is 53.5 Å². The predicted octanol–water partition coefficient (Wildman–Crippen LogP) is 3.31. The Kier molecular flexibility index (Phi) is 8.59. The molecule has 0 saturated carbocycles. The van der Waals surface area contributed by atoms with Crippen molar-refractivity contribution in [2.24, 2.45) is 4.99 Å². The largest absolute Gasteiger partial charge is 0.478 e. The summed E-state index contributed by atoms with van der Waals surface area (Å²) < 4.78 is 5.39. The van der Waals surface area contributed by atoms with Crippen molar-refractivity contribution in [1.82, 2.24) is 4.90 Å². The summed E-state index contributed by atoms with van der Waals surface area (Å²) in [5.41, 5.74) is 2.03. The number of carbonyl (C=O) groups is 1. The smallest absolute Gasteiger partial charge is 0.335 e. The molecule has 0 unspecified atom stereocenters. The van der Waals surface area contributed by atoms with E-state index in [9.17, 15) is 14.9 Å². The van der Waals surface area contributed by atoms with E-state index in [4.69, 9.17) is 14.8 Å². The summed E-state index contributed by atoms with van der Waals surface area (Å²) >= 11 is 0. The number of nitro groups is 1. The Hall–Kier alpha value is -3.66. The molecule has 0 bridgehead atoms. The molecule has 10 heteroatoms. The molecule has 1 fully saturated rings. The van der Waals surface area contributed by atoms with Crippen molar-refractivity contribution in [3.63, 3.8) is 0 Å². The minimum absolute atomic E-state index is 0.0805. The molecule has 176 valence electrons. The number of nitrogens with zero attached hydrogens (tertiary/aromatic N) is 4. The van der Waals surface area contributed by atoms with Crippen molar-refractivity contribution in [2.45, 2.75) is 13.3 Å². The molecule has 1 aliphatic rings. The molecule has 10 nitrogen and oxygen atoms in total. The molecule has 0 aliphatic carbocycles. The standard InChI is InChI=1S/C23H29N5O5/c1-2-33-17-3-12-24-23(25-19-6-4-18(5-7-19)22(29)30)27-15-13-26(14-16-27)20-8-10-21(11-9-20)28(31)32/h4-11H,2-3,12-17H2,1H3,(H,24,25)(H,29,30). The van der Waals surface area contributed by atoms with Gasteiger partial charge in [-0.3, -0.25) is 15.1 Å². The van der Waals surface area contributed by atoms with Gasteiger partial charge in [-0.1, -0.05) is 0 Å². The summed E-state index contributed by atoms with van der Waals surface area (Å²) in [6.07, 6.45) is 0.805. The Morgan fingerprint density at radius 1 is 1.12 bits per heavy atom. The van der Waals surface area contributed by atoms with Crippen LogP contribution < -0.4 is 10.2 Å². The Balaban J connectivity index is 1.65. The van der Waals surface area contributed by atoms with Gasteiger partial charge in [-0.15, -0.1) is 0 Å². The van der Waals surface area contributed by atoms with Crippen molar-refractivity contribution < 1.29 is 19.6 Å². The van der Waals surface area contributed by atoms with Gasteiger partial charge in [-0.25, -0.2) is 4.79 Å². The summed E-state index contributed by atoms with van der Waals surface area (Å²) in [4.78, 5) is 30.7. The number of aliphatic imine (C=N–C) groups is 1. The molecule has 33 heavy (non-hydrogen) atoms. The number of carboxylic acid groups (broad SMARTS) is 1. The fourth-order valence-corrected chi connectivity index (χ4v) is 3.50. The summed E-state index contributed by atoms with van der Waals surface area (Å²) in [7, 11) is 0. The predicted molar refractivity (Wildman–Crippen MR) is 127 cm³/mol. The number of rotatable bonds is 9. The molecule has 0 radical (unpaired) electrons. The van der Waals surface area contributed by atoms with Crippen molar-refractivity contribution in [1.29, 1.82) is 0 Å². The molecule has 0 atom stereocenters. The van der Waals surface area contributed by atoms with E-state index in [1.54, 1.807) is 36.4 Å². The minimum atomic E-state index is -0.964. The zero-order chi connectivity index (χ0) is 23.6. The third kappa shape index (κ3) is 6.91. The molecule has 0 amide bonds. The molecule has 1 saturated heterocycles. The van der Waals surface area contributed by atoms with Gasteiger partial charge in [0.2, 0.25) is 0 Å². The molecule has 2 aromatic carbocycles. The molecule has 2 N–H and O–H groups in total. The van der Waals surface area contributed by atoms with Gasteiger partial charge in [-0.05, 0) is 49.7 Å². The van der Waals surface area contributed by atoms with Gasteiger partial charge in [-0.2, -0.15) is 0 Å². The monoisotopic (exact) mass is 455 g/mol. The van der Waals surface area contributed by atoms with Crippen molar-refractivity contribution in [3.8, 4) is 0 Å². The van der Waals surface area contributed by atoms with Gasteiger partial charge >= 0.3 is 5.97 Å². The van der Waals surface area contributed by atoms with E-state index in [2.05, 4.69) is 15.1 Å². The quantitative estimate of drug-likeness (QED) is 0.194. The average Bonchev–Trinajstić information content (AvgIpc) is 2.83. The highest BCUT2D eigenvalue weighted by Crippen LogP contribution is 2.21. The number of piperazine rings is 1. The lowest BCUT2D eigenvalue weighted by Crippen LogP contribution is -2.50. The van der Waals surface area contributed by atoms with Crippen LogP contribution in [-0.4, -0.2) is 72.8 Å². The van der Waals surface area contributed by atoms with E-state index in [1.165, 1.54) is 12.1 Å². The molecule has 0 aromatic heterocycles. The van der Waals surface area contributed by atoms with E-state index in [0.29, 0.717) is 19.8 Å². The summed E-state index contributed by atoms with van der Waals surface area (Å²) in [6.45, 7) is 6.83. The highest BCUT2D eigenvalue weighted by molar-refractivity contribution is 5.95. The lowest BCUT2D eigenvalue weighted by atomic mass is 10.2. The number of nitro benzene ring substituents is 1. The highest BCUT2D eigenvalue weighted by atomic mass is 16.6. The van der Waals surface area contributed by atoms with Gasteiger partial charge in [0.25, 0.3) is 5.69 Å². The van der Waals surface area contributed by atoms with Crippen LogP contribution >= 0.6 is 0 Å². The number of carboxylic acids is 1. The maximum Gasteiger partial charge on any atom is 0.335 e. The number of hydrogen-bond donors (Lipinski definition) is 2. The fourth-order valence-electron chi connectivity index (χ4n) is 3.50. The average molecular weight is 456 g/mol. The van der Waals surface area contributed by atoms with Crippen molar-refractivity contribution >= 4 is 29.0 Å². The van der Waals surface area contributed by atoms with Crippen LogP contribution in [-0.2, 0) is 4.74 Å². The first-order chi connectivity index (χ1) is 16.0. The van der Waals surface area contributed by atoms with Gasteiger partial charge in [0.05, 0.1) is 10.5 Å². The molecular formula is C23H29N5O5. The molecule has 0 spiro atoms. The summed E-state index contributed by atoms with van der Waals surface area (Å²) in [5.74, 6) is -0.230. The minimum Gasteiger partial charge on any atom is -0.478 e. The normalized spacial score (nSPS) is 14.3. The van der Waals surface area contributed by atoms with Gasteiger partial charge in [0.15, 0.2) is 5.96 Å². The van der Waals surface area contributed by atoms with E-state index >= 15 is 0 Å². The lowest BCUT2D eigenvalue weighted by molar-refractivity contribution is -0.384. The number of anilines is 2. The lowest BCUT2D eigenvalue weighted by Gasteiger charge is -2.37. The van der Waals surface area contributed by atoms with Crippen LogP contribution in [0.4, 0.5) is 17.1 Å². The number of benzene rings is 2. The molecule has 2 aromatic rings. The van der Waals surface area contributed by atoms with E-state index < -0.39 is 10.9 Å². The van der Waals surface area contributed by atoms with Crippen LogP contribution in [0, 0.1) is 10.1 Å². The second kappa shape index (κ2) is 11.8. The van der Waals surface area contributed by atoms with Crippen LogP contribution in [0.1, 0.15) is 23.7 Å². The Morgan fingerprint density at radius 2 is 1.79 bits per heavy atom. The molecular weight excluding hydrogens is 426 g/mol. The maximum absolute atomic E-state index is 11.1. The third-order valence-electron chi connectivity index (χ3n) is 5.31. The second-order valence-corrected chi connectivity index (χ2v) is 7.51. The van der Waals surface area contributed by atoms with Crippen molar-refractivity contribution in [2.75, 3.05) is 56.2 Å². The summed E-state index contributed by atoms with van der Waals surface area (Å²) in [5, 5.41) is 23.3. The van der Waals surface area contributed by atoms with Crippen molar-refractivity contribution in [3.05, 3.63) is 64.2 Å². The molecule has 1 heterocycles. The zero-order valence-corrected chi connectivity index (χ0v) is 18.6. The van der Waals surface area contributed by atoms with Gasteiger partial charge in [0, 0.05) is 69.4 Å². The number of aromatic carboxylic acids is 1. The van der Waals surface area contributed by atoms with Gasteiger partial charge < -0.3 is 25.0 Å². The number of non-ortho nitro benzene ring substituents is 1. The zero-order valence-electron chi connectivity index (χ0n) is 18.6.